The SMILES string of the molecule is COc1ccc2oc(=O)cc(-c3oc4ccc(Cl)cc4c3C)c2c1. The van der Waals surface area contributed by atoms with Crippen molar-refractivity contribution in [3.8, 4) is 17.1 Å². The van der Waals surface area contributed by atoms with E-state index in [0.717, 1.165) is 21.9 Å². The van der Waals surface area contributed by atoms with Gasteiger partial charge in [-0.15, -0.1) is 0 Å². The Bertz CT molecular complexity index is 1140. The van der Waals surface area contributed by atoms with Gasteiger partial charge in [0.25, 0.3) is 0 Å². The van der Waals surface area contributed by atoms with Gasteiger partial charge in [0.1, 0.15) is 22.7 Å². The summed E-state index contributed by atoms with van der Waals surface area (Å²) >= 11 is 6.08. The van der Waals surface area contributed by atoms with E-state index in [1.165, 1.54) is 6.07 Å². The molecular formula is C19H13ClO4. The molecule has 0 N–H and O–H groups in total. The third kappa shape index (κ3) is 2.27. The summed E-state index contributed by atoms with van der Waals surface area (Å²) in [5, 5.41) is 2.31. The minimum atomic E-state index is -0.430. The zero-order valence-corrected chi connectivity index (χ0v) is 13.8. The summed E-state index contributed by atoms with van der Waals surface area (Å²) in [7, 11) is 1.59. The van der Waals surface area contributed by atoms with E-state index in [1.807, 2.05) is 25.1 Å². The molecule has 0 radical (unpaired) electrons. The molecule has 0 unspecified atom stereocenters. The largest absolute Gasteiger partial charge is 0.497 e. The van der Waals surface area contributed by atoms with Crippen LogP contribution in [-0.2, 0) is 0 Å². The topological polar surface area (TPSA) is 52.6 Å². The fraction of sp³-hybridized carbons (Fsp3) is 0.105. The van der Waals surface area contributed by atoms with Gasteiger partial charge in [-0.2, -0.15) is 0 Å². The van der Waals surface area contributed by atoms with E-state index in [1.54, 1.807) is 25.3 Å². The number of halogens is 1. The summed E-state index contributed by atoms with van der Waals surface area (Å²) in [6.45, 7) is 1.94. The molecule has 24 heavy (non-hydrogen) atoms. The van der Waals surface area contributed by atoms with Gasteiger partial charge in [-0.25, -0.2) is 4.79 Å². The molecule has 4 aromatic rings. The van der Waals surface area contributed by atoms with Gasteiger partial charge in [-0.1, -0.05) is 11.6 Å². The molecule has 0 spiro atoms. The van der Waals surface area contributed by atoms with E-state index in [9.17, 15) is 4.79 Å². The van der Waals surface area contributed by atoms with Crippen molar-refractivity contribution in [2.45, 2.75) is 6.92 Å². The van der Waals surface area contributed by atoms with Gasteiger partial charge < -0.3 is 13.6 Å². The highest BCUT2D eigenvalue weighted by Crippen LogP contribution is 2.37. The molecule has 0 fully saturated rings. The Morgan fingerprint density at radius 1 is 0.958 bits per heavy atom. The predicted octanol–water partition coefficient (Wildman–Crippen LogP) is 5.18. The highest BCUT2D eigenvalue weighted by atomic mass is 35.5. The van der Waals surface area contributed by atoms with Crippen LogP contribution in [0.15, 0.2) is 56.1 Å². The zero-order chi connectivity index (χ0) is 16.8. The summed E-state index contributed by atoms with van der Waals surface area (Å²) in [4.78, 5) is 12.0. The second-order valence-corrected chi connectivity index (χ2v) is 5.97. The van der Waals surface area contributed by atoms with Crippen molar-refractivity contribution in [1.82, 2.24) is 0 Å². The smallest absolute Gasteiger partial charge is 0.336 e. The molecular weight excluding hydrogens is 328 g/mol. The number of benzene rings is 2. The van der Waals surface area contributed by atoms with Gasteiger partial charge in [0.15, 0.2) is 0 Å². The number of hydrogen-bond donors (Lipinski definition) is 0. The Kier molecular flexibility index (Phi) is 3.36. The van der Waals surface area contributed by atoms with Gasteiger partial charge >= 0.3 is 5.63 Å². The van der Waals surface area contributed by atoms with E-state index >= 15 is 0 Å². The third-order valence-electron chi connectivity index (χ3n) is 4.09. The fourth-order valence-corrected chi connectivity index (χ4v) is 3.08. The minimum Gasteiger partial charge on any atom is -0.497 e. The van der Waals surface area contributed by atoms with Crippen molar-refractivity contribution in [3.63, 3.8) is 0 Å². The van der Waals surface area contributed by atoms with Crippen molar-refractivity contribution in [1.29, 1.82) is 0 Å². The number of fused-ring (bicyclic) bond motifs is 2. The molecule has 0 aliphatic heterocycles. The minimum absolute atomic E-state index is 0.430. The summed E-state index contributed by atoms with van der Waals surface area (Å²) in [6, 6.07) is 12.2. The number of ether oxygens (including phenoxy) is 1. The second kappa shape index (κ2) is 5.42. The molecule has 0 atom stereocenters. The Morgan fingerprint density at radius 2 is 1.71 bits per heavy atom. The van der Waals surface area contributed by atoms with Crippen LogP contribution in [0.1, 0.15) is 5.56 Å². The van der Waals surface area contributed by atoms with Crippen LogP contribution in [0.2, 0.25) is 5.02 Å². The lowest BCUT2D eigenvalue weighted by atomic mass is 10.0. The van der Waals surface area contributed by atoms with Crippen LogP contribution in [0, 0.1) is 6.92 Å². The fourth-order valence-electron chi connectivity index (χ4n) is 2.91. The number of methoxy groups -OCH3 is 1. The van der Waals surface area contributed by atoms with E-state index < -0.39 is 5.63 Å². The van der Waals surface area contributed by atoms with Crippen LogP contribution in [0.5, 0.6) is 5.75 Å². The molecule has 0 saturated carbocycles. The predicted molar refractivity (Wildman–Crippen MR) is 94.0 cm³/mol. The number of hydrogen-bond acceptors (Lipinski definition) is 4. The zero-order valence-electron chi connectivity index (χ0n) is 13.1. The quantitative estimate of drug-likeness (QED) is 0.472. The molecule has 120 valence electrons. The molecule has 4 nitrogen and oxygen atoms in total. The first-order valence-corrected chi connectivity index (χ1v) is 7.75. The third-order valence-corrected chi connectivity index (χ3v) is 4.33. The van der Waals surface area contributed by atoms with Gasteiger partial charge in [-0.05, 0) is 43.3 Å². The average molecular weight is 341 g/mol. The van der Waals surface area contributed by atoms with Crippen LogP contribution >= 0.6 is 11.6 Å². The van der Waals surface area contributed by atoms with E-state index in [0.29, 0.717) is 27.7 Å². The van der Waals surface area contributed by atoms with E-state index in [2.05, 4.69) is 0 Å². The van der Waals surface area contributed by atoms with Crippen molar-refractivity contribution < 1.29 is 13.6 Å². The number of rotatable bonds is 2. The maximum Gasteiger partial charge on any atom is 0.336 e. The van der Waals surface area contributed by atoms with Crippen molar-refractivity contribution in [2.75, 3.05) is 7.11 Å². The lowest BCUT2D eigenvalue weighted by Crippen LogP contribution is -1.98. The molecule has 4 rings (SSSR count). The lowest BCUT2D eigenvalue weighted by molar-refractivity contribution is 0.415. The molecule has 0 amide bonds. The summed E-state index contributed by atoms with van der Waals surface area (Å²) < 4.78 is 16.6. The summed E-state index contributed by atoms with van der Waals surface area (Å²) in [5.41, 5.74) is 2.36. The Morgan fingerprint density at radius 3 is 2.50 bits per heavy atom. The molecule has 2 aromatic heterocycles. The first-order valence-electron chi connectivity index (χ1n) is 7.38. The van der Waals surface area contributed by atoms with Crippen LogP contribution in [0.4, 0.5) is 0 Å². The highest BCUT2D eigenvalue weighted by Gasteiger charge is 2.17. The van der Waals surface area contributed by atoms with Gasteiger partial charge in [-0.3, -0.25) is 0 Å². The van der Waals surface area contributed by atoms with Gasteiger partial charge in [0.2, 0.25) is 0 Å². The molecule has 0 bridgehead atoms. The lowest BCUT2D eigenvalue weighted by Gasteiger charge is -2.06. The summed E-state index contributed by atoms with van der Waals surface area (Å²) in [5.74, 6) is 1.30. The Hall–Kier alpha value is -2.72. The normalized spacial score (nSPS) is 11.3. The molecule has 2 aromatic carbocycles. The second-order valence-electron chi connectivity index (χ2n) is 5.54. The van der Waals surface area contributed by atoms with E-state index in [-0.39, 0.29) is 0 Å². The maximum absolute atomic E-state index is 12.0. The maximum atomic E-state index is 12.0. The standard InChI is InChI=1S/C19H13ClO4/c1-10-13-7-11(20)3-5-16(13)24-19(10)15-9-18(21)23-17-6-4-12(22-2)8-14(15)17/h3-9H,1-2H3. The molecule has 5 heteroatoms. The van der Waals surface area contributed by atoms with Crippen LogP contribution in [0.25, 0.3) is 33.3 Å². The van der Waals surface area contributed by atoms with E-state index in [4.69, 9.17) is 25.2 Å². The highest BCUT2D eigenvalue weighted by molar-refractivity contribution is 6.31. The Balaban J connectivity index is 2.09. The van der Waals surface area contributed by atoms with Crippen LogP contribution in [-0.4, -0.2) is 7.11 Å². The Labute approximate surface area is 142 Å². The molecule has 0 aliphatic carbocycles. The van der Waals surface area contributed by atoms with Crippen LogP contribution in [0.3, 0.4) is 0 Å². The number of aryl methyl sites for hydroxylation is 1. The van der Waals surface area contributed by atoms with Gasteiger partial charge in [0.05, 0.1) is 7.11 Å². The van der Waals surface area contributed by atoms with Crippen molar-refractivity contribution >= 4 is 33.5 Å². The number of furan rings is 1. The van der Waals surface area contributed by atoms with Gasteiger partial charge in [0, 0.05) is 33.0 Å². The first-order chi connectivity index (χ1) is 11.6. The van der Waals surface area contributed by atoms with Crippen molar-refractivity contribution in [2.24, 2.45) is 0 Å². The summed E-state index contributed by atoms with van der Waals surface area (Å²) in [6.07, 6.45) is 0. The molecule has 0 saturated heterocycles. The molecule has 0 aliphatic rings. The first kappa shape index (κ1) is 14.8. The average Bonchev–Trinajstić information content (AvgIpc) is 2.90. The molecule has 2 heterocycles. The van der Waals surface area contributed by atoms with Crippen LogP contribution < -0.4 is 10.4 Å². The monoisotopic (exact) mass is 340 g/mol. The van der Waals surface area contributed by atoms with Crippen molar-refractivity contribution in [3.05, 3.63) is 63.5 Å².